The van der Waals surface area contributed by atoms with Gasteiger partial charge in [0.1, 0.15) is 0 Å². The van der Waals surface area contributed by atoms with Crippen molar-refractivity contribution >= 4 is 15.8 Å². The highest BCUT2D eigenvalue weighted by molar-refractivity contribution is 7.92. The monoisotopic (exact) mass is 205 g/mol. The molecule has 76 valence electrons. The molecule has 1 rings (SSSR count). The van der Waals surface area contributed by atoms with Gasteiger partial charge < -0.3 is 11.1 Å². The molecular weight excluding hydrogens is 190 g/mol. The molecule has 0 bridgehead atoms. The van der Waals surface area contributed by atoms with Gasteiger partial charge in [-0.25, -0.2) is 13.4 Å². The van der Waals surface area contributed by atoms with Crippen LogP contribution < -0.4 is 11.1 Å². The third-order valence-corrected chi connectivity index (χ3v) is 3.44. The first-order valence-electron chi connectivity index (χ1n) is 4.19. The molecule has 0 saturated carbocycles. The maximum atomic E-state index is 10.8. The second kappa shape index (κ2) is 3.53. The Balaban J connectivity index is 2.41. The zero-order chi connectivity index (χ0) is 10.1. The molecule has 0 amide bonds. The van der Waals surface area contributed by atoms with Crippen LogP contribution in [0.15, 0.2) is 4.99 Å². The Morgan fingerprint density at radius 3 is 2.46 bits per heavy atom. The number of nitrogens with one attached hydrogen (secondary N) is 1. The van der Waals surface area contributed by atoms with E-state index in [-0.39, 0.29) is 23.6 Å². The number of nitrogens with zero attached hydrogens (tertiary/aromatic N) is 1. The highest BCUT2D eigenvalue weighted by Crippen LogP contribution is 2.13. The fraction of sp³-hybridized carbons (Fsp3) is 0.857. The molecule has 0 atom stereocenters. The van der Waals surface area contributed by atoms with Gasteiger partial charge in [0.05, 0.1) is 17.5 Å². The van der Waals surface area contributed by atoms with Gasteiger partial charge in [0, 0.05) is 6.04 Å². The first-order chi connectivity index (χ1) is 5.89. The normalized spacial score (nSPS) is 22.8. The lowest BCUT2D eigenvalue weighted by Crippen LogP contribution is -2.44. The minimum Gasteiger partial charge on any atom is -0.370 e. The molecular formula is C7H15N3O2S. The molecule has 1 fully saturated rings. The van der Waals surface area contributed by atoms with E-state index in [9.17, 15) is 8.42 Å². The summed E-state index contributed by atoms with van der Waals surface area (Å²) in [4.78, 5) is 4.02. The van der Waals surface area contributed by atoms with Crippen LogP contribution in [0.5, 0.6) is 0 Å². The second-order valence-corrected chi connectivity index (χ2v) is 5.70. The minimum atomic E-state index is -2.80. The number of rotatable bonds is 2. The summed E-state index contributed by atoms with van der Waals surface area (Å²) >= 11 is 0. The van der Waals surface area contributed by atoms with Crippen LogP contribution in [0.2, 0.25) is 0 Å². The Bertz CT molecular complexity index is 296. The van der Waals surface area contributed by atoms with Crippen molar-refractivity contribution in [2.75, 3.05) is 11.5 Å². The van der Waals surface area contributed by atoms with Crippen LogP contribution in [-0.4, -0.2) is 38.0 Å². The van der Waals surface area contributed by atoms with E-state index in [1.165, 1.54) is 0 Å². The van der Waals surface area contributed by atoms with Gasteiger partial charge in [0.25, 0.3) is 0 Å². The van der Waals surface area contributed by atoms with Gasteiger partial charge in [-0.05, 0) is 13.8 Å². The van der Waals surface area contributed by atoms with E-state index in [2.05, 4.69) is 10.3 Å². The molecule has 5 nitrogen and oxygen atoms in total. The van der Waals surface area contributed by atoms with Crippen LogP contribution in [0.4, 0.5) is 0 Å². The van der Waals surface area contributed by atoms with Crippen molar-refractivity contribution in [1.29, 1.82) is 0 Å². The van der Waals surface area contributed by atoms with Crippen molar-refractivity contribution in [3.63, 3.8) is 0 Å². The first kappa shape index (κ1) is 10.3. The van der Waals surface area contributed by atoms with Gasteiger partial charge in [0.2, 0.25) is 0 Å². The Hall–Kier alpha value is -0.780. The van der Waals surface area contributed by atoms with Crippen LogP contribution in [-0.2, 0) is 9.84 Å². The molecule has 0 aromatic carbocycles. The van der Waals surface area contributed by atoms with Gasteiger partial charge in [-0.2, -0.15) is 0 Å². The molecule has 1 aliphatic rings. The number of hydrogen-bond acceptors (Lipinski definition) is 3. The summed E-state index contributed by atoms with van der Waals surface area (Å²) < 4.78 is 21.5. The lowest BCUT2D eigenvalue weighted by Gasteiger charge is -2.22. The third-order valence-electron chi connectivity index (χ3n) is 1.65. The van der Waals surface area contributed by atoms with E-state index < -0.39 is 9.84 Å². The smallest absolute Gasteiger partial charge is 0.189 e. The molecule has 0 spiro atoms. The summed E-state index contributed by atoms with van der Waals surface area (Å²) in [7, 11) is -2.80. The van der Waals surface area contributed by atoms with Crippen LogP contribution in [0, 0.1) is 0 Å². The summed E-state index contributed by atoms with van der Waals surface area (Å²) in [5.41, 5.74) is 5.52. The van der Waals surface area contributed by atoms with Gasteiger partial charge >= 0.3 is 0 Å². The summed E-state index contributed by atoms with van der Waals surface area (Å²) in [6, 6.07) is 0.0803. The van der Waals surface area contributed by atoms with Crippen LogP contribution in [0.25, 0.3) is 0 Å². The molecule has 1 aliphatic heterocycles. The maximum absolute atomic E-state index is 10.8. The largest absolute Gasteiger partial charge is 0.370 e. The van der Waals surface area contributed by atoms with E-state index in [4.69, 9.17) is 5.73 Å². The van der Waals surface area contributed by atoms with Crippen LogP contribution in [0.1, 0.15) is 13.8 Å². The van der Waals surface area contributed by atoms with Gasteiger partial charge in [-0.15, -0.1) is 0 Å². The molecule has 0 aromatic heterocycles. The SMILES string of the molecule is CC(C)NC(N)=NC1CS(=O)(=O)C1. The molecule has 0 aromatic rings. The topological polar surface area (TPSA) is 84.5 Å². The summed E-state index contributed by atoms with van der Waals surface area (Å²) in [5, 5.41) is 2.90. The van der Waals surface area contributed by atoms with E-state index in [0.717, 1.165) is 0 Å². The number of aliphatic imine (C=N–C) groups is 1. The molecule has 13 heavy (non-hydrogen) atoms. The fourth-order valence-corrected chi connectivity index (χ4v) is 2.37. The average Bonchev–Trinajstić information content (AvgIpc) is 1.79. The van der Waals surface area contributed by atoms with Crippen LogP contribution in [0.3, 0.4) is 0 Å². The summed E-state index contributed by atoms with van der Waals surface area (Å²) in [5.74, 6) is 0.593. The summed E-state index contributed by atoms with van der Waals surface area (Å²) in [6.45, 7) is 3.89. The van der Waals surface area contributed by atoms with Crippen molar-refractivity contribution in [2.24, 2.45) is 10.7 Å². The lowest BCUT2D eigenvalue weighted by molar-refractivity contribution is 0.563. The van der Waals surface area contributed by atoms with E-state index >= 15 is 0 Å². The lowest BCUT2D eigenvalue weighted by atomic mass is 10.4. The molecule has 0 radical (unpaired) electrons. The minimum absolute atomic E-state index is 0.132. The molecule has 6 heteroatoms. The highest BCUT2D eigenvalue weighted by Gasteiger charge is 2.33. The van der Waals surface area contributed by atoms with E-state index in [1.807, 2.05) is 13.8 Å². The van der Waals surface area contributed by atoms with Gasteiger partial charge in [0.15, 0.2) is 15.8 Å². The number of nitrogens with two attached hydrogens (primary N) is 1. The fourth-order valence-electron chi connectivity index (χ4n) is 1.14. The van der Waals surface area contributed by atoms with E-state index in [0.29, 0.717) is 5.96 Å². The van der Waals surface area contributed by atoms with Crippen molar-refractivity contribution in [3.8, 4) is 0 Å². The average molecular weight is 205 g/mol. The number of guanidine groups is 1. The molecule has 3 N–H and O–H groups in total. The Labute approximate surface area is 78.3 Å². The Kier molecular flexibility index (Phi) is 2.80. The Morgan fingerprint density at radius 2 is 2.08 bits per heavy atom. The van der Waals surface area contributed by atoms with Crippen molar-refractivity contribution in [1.82, 2.24) is 5.32 Å². The predicted molar refractivity (Wildman–Crippen MR) is 52.3 cm³/mol. The molecule has 0 unspecified atom stereocenters. The number of sulfone groups is 1. The van der Waals surface area contributed by atoms with Crippen molar-refractivity contribution in [2.45, 2.75) is 25.9 Å². The highest BCUT2D eigenvalue weighted by atomic mass is 32.2. The third kappa shape index (κ3) is 3.22. The second-order valence-electron chi connectivity index (χ2n) is 3.54. The molecule has 1 heterocycles. The van der Waals surface area contributed by atoms with Crippen molar-refractivity contribution in [3.05, 3.63) is 0 Å². The zero-order valence-corrected chi connectivity index (χ0v) is 8.63. The van der Waals surface area contributed by atoms with Gasteiger partial charge in [-0.1, -0.05) is 0 Å². The Morgan fingerprint density at radius 1 is 1.54 bits per heavy atom. The zero-order valence-electron chi connectivity index (χ0n) is 7.82. The standard InChI is InChI=1S/C7H15N3O2S/c1-5(2)9-7(8)10-6-3-13(11,12)4-6/h5-6H,3-4H2,1-2H3,(H3,8,9,10). The molecule has 0 aliphatic carbocycles. The van der Waals surface area contributed by atoms with Crippen LogP contribution >= 0.6 is 0 Å². The number of hydrogen-bond donors (Lipinski definition) is 2. The first-order valence-corrected chi connectivity index (χ1v) is 6.01. The van der Waals surface area contributed by atoms with E-state index in [1.54, 1.807) is 0 Å². The maximum Gasteiger partial charge on any atom is 0.189 e. The quantitative estimate of drug-likeness (QED) is 0.452. The summed E-state index contributed by atoms with van der Waals surface area (Å²) in [6.07, 6.45) is 0. The van der Waals surface area contributed by atoms with Crippen molar-refractivity contribution < 1.29 is 8.42 Å². The molecule has 1 saturated heterocycles. The predicted octanol–water partition coefficient (Wildman–Crippen LogP) is -0.904. The van der Waals surface area contributed by atoms with Gasteiger partial charge in [-0.3, -0.25) is 0 Å².